The molecule has 0 aliphatic rings. The van der Waals surface area contributed by atoms with Gasteiger partial charge in [0.25, 0.3) is 5.91 Å². The van der Waals surface area contributed by atoms with Crippen molar-refractivity contribution in [2.75, 3.05) is 11.9 Å². The summed E-state index contributed by atoms with van der Waals surface area (Å²) in [5.41, 5.74) is -3.92. The van der Waals surface area contributed by atoms with Crippen LogP contribution in [0.2, 0.25) is 0 Å². The van der Waals surface area contributed by atoms with Crippen molar-refractivity contribution < 1.29 is 27.8 Å². The molecule has 0 bridgehead atoms. The highest BCUT2D eigenvalue weighted by Crippen LogP contribution is 2.33. The second kappa shape index (κ2) is 7.95. The zero-order valence-corrected chi connectivity index (χ0v) is 15.3. The number of hydrogen-bond acceptors (Lipinski definition) is 4. The third-order valence-corrected chi connectivity index (χ3v) is 3.98. The summed E-state index contributed by atoms with van der Waals surface area (Å²) in [4.78, 5) is 12.2. The molecule has 0 aliphatic heterocycles. The lowest BCUT2D eigenvalue weighted by Gasteiger charge is -2.23. The Morgan fingerprint density at radius 1 is 1.26 bits per heavy atom. The second-order valence-electron chi connectivity index (χ2n) is 5.96. The molecule has 27 heavy (non-hydrogen) atoms. The SMILES string of the molecule is C[C@](O)(COc1ccc(P)cc1)C(=O)Nc1ccc(C#N)c(C(F)(F)F)c1. The fraction of sp³-hybridized carbons (Fsp3) is 0.222. The van der Waals surface area contributed by atoms with E-state index in [9.17, 15) is 23.1 Å². The van der Waals surface area contributed by atoms with Crippen LogP contribution in [-0.2, 0) is 11.0 Å². The molecule has 0 saturated carbocycles. The van der Waals surface area contributed by atoms with Crippen molar-refractivity contribution in [2.24, 2.45) is 0 Å². The fourth-order valence-electron chi connectivity index (χ4n) is 2.07. The molecule has 1 unspecified atom stereocenters. The van der Waals surface area contributed by atoms with Gasteiger partial charge in [0.2, 0.25) is 0 Å². The first-order valence-electron chi connectivity index (χ1n) is 7.66. The number of nitrogens with one attached hydrogen (secondary N) is 1. The van der Waals surface area contributed by atoms with Gasteiger partial charge in [0.15, 0.2) is 5.60 Å². The van der Waals surface area contributed by atoms with Crippen LogP contribution in [0, 0.1) is 11.3 Å². The Hall–Kier alpha value is -2.62. The zero-order chi connectivity index (χ0) is 20.2. The van der Waals surface area contributed by atoms with E-state index in [0.717, 1.165) is 17.4 Å². The molecule has 9 heteroatoms. The summed E-state index contributed by atoms with van der Waals surface area (Å²) in [7, 11) is 2.50. The van der Waals surface area contributed by atoms with E-state index in [2.05, 4.69) is 14.6 Å². The highest BCUT2D eigenvalue weighted by atomic mass is 31.0. The van der Waals surface area contributed by atoms with Gasteiger partial charge in [-0.15, -0.1) is 9.24 Å². The van der Waals surface area contributed by atoms with E-state index in [1.54, 1.807) is 24.3 Å². The molecule has 0 aliphatic carbocycles. The van der Waals surface area contributed by atoms with Crippen molar-refractivity contribution in [3.63, 3.8) is 0 Å². The minimum atomic E-state index is -4.75. The van der Waals surface area contributed by atoms with E-state index >= 15 is 0 Å². The van der Waals surface area contributed by atoms with E-state index < -0.39 is 35.4 Å². The van der Waals surface area contributed by atoms with Gasteiger partial charge in [0.1, 0.15) is 12.4 Å². The van der Waals surface area contributed by atoms with Gasteiger partial charge >= 0.3 is 6.18 Å². The molecule has 0 fully saturated rings. The predicted octanol–water partition coefficient (Wildman–Crippen LogP) is 2.85. The fourth-order valence-corrected chi connectivity index (χ4v) is 2.27. The molecule has 0 spiro atoms. The molecule has 2 rings (SSSR count). The lowest BCUT2D eigenvalue weighted by Crippen LogP contribution is -2.45. The normalized spacial score (nSPS) is 13.4. The third-order valence-electron chi connectivity index (χ3n) is 3.59. The van der Waals surface area contributed by atoms with E-state index in [1.165, 1.54) is 13.0 Å². The number of aliphatic hydroxyl groups is 1. The highest BCUT2D eigenvalue weighted by molar-refractivity contribution is 7.27. The summed E-state index contributed by atoms with van der Waals surface area (Å²) in [5, 5.41) is 22.2. The zero-order valence-electron chi connectivity index (χ0n) is 14.2. The molecule has 0 aromatic heterocycles. The number of benzene rings is 2. The van der Waals surface area contributed by atoms with Crippen LogP contribution in [0.5, 0.6) is 5.75 Å². The summed E-state index contributed by atoms with van der Waals surface area (Å²) in [6, 6.07) is 11.0. The van der Waals surface area contributed by atoms with E-state index in [0.29, 0.717) is 11.8 Å². The smallest absolute Gasteiger partial charge is 0.417 e. The molecular weight excluding hydrogens is 380 g/mol. The summed E-state index contributed by atoms with van der Waals surface area (Å²) in [5.74, 6) is -0.519. The number of rotatable bonds is 5. The van der Waals surface area contributed by atoms with Gasteiger partial charge in [-0.1, -0.05) is 12.1 Å². The van der Waals surface area contributed by atoms with Crippen LogP contribution < -0.4 is 15.4 Å². The molecule has 5 nitrogen and oxygen atoms in total. The van der Waals surface area contributed by atoms with Gasteiger partial charge in [-0.05, 0) is 42.6 Å². The van der Waals surface area contributed by atoms with E-state index in [4.69, 9.17) is 10.00 Å². The number of carbonyl (C=O) groups is 1. The lowest BCUT2D eigenvalue weighted by molar-refractivity contribution is -0.138. The van der Waals surface area contributed by atoms with Crippen LogP contribution >= 0.6 is 9.24 Å². The number of nitrogens with zero attached hydrogens (tertiary/aromatic N) is 1. The number of anilines is 1. The monoisotopic (exact) mass is 396 g/mol. The molecule has 2 atom stereocenters. The van der Waals surface area contributed by atoms with Crippen LogP contribution in [-0.4, -0.2) is 23.2 Å². The number of halogens is 3. The molecule has 2 N–H and O–H groups in total. The van der Waals surface area contributed by atoms with Gasteiger partial charge in [-0.2, -0.15) is 18.4 Å². The topological polar surface area (TPSA) is 82.3 Å². The maximum Gasteiger partial charge on any atom is 0.417 e. The van der Waals surface area contributed by atoms with Crippen LogP contribution in [0.4, 0.5) is 18.9 Å². The standard InChI is InChI=1S/C18H16F3N2O3P/c1-17(25,10-26-13-4-6-14(27)7-5-13)16(24)23-12-3-2-11(9-22)15(8-12)18(19,20)21/h2-8,25H,10,27H2,1H3,(H,23,24)/t17-/m0/s1. The number of nitriles is 1. The minimum Gasteiger partial charge on any atom is -0.490 e. The summed E-state index contributed by atoms with van der Waals surface area (Å²) in [6.45, 7) is 0.776. The van der Waals surface area contributed by atoms with Crippen molar-refractivity contribution in [3.8, 4) is 11.8 Å². The highest BCUT2D eigenvalue weighted by Gasteiger charge is 2.35. The van der Waals surface area contributed by atoms with Crippen LogP contribution in [0.25, 0.3) is 0 Å². The predicted molar refractivity (Wildman–Crippen MR) is 96.7 cm³/mol. The Morgan fingerprint density at radius 3 is 2.44 bits per heavy atom. The first kappa shape index (κ1) is 20.7. The van der Waals surface area contributed by atoms with Gasteiger partial charge in [0, 0.05) is 5.69 Å². The van der Waals surface area contributed by atoms with Gasteiger partial charge in [0.05, 0.1) is 17.2 Å². The molecule has 2 aromatic carbocycles. The van der Waals surface area contributed by atoms with Crippen molar-refractivity contribution in [1.29, 1.82) is 5.26 Å². The van der Waals surface area contributed by atoms with Gasteiger partial charge < -0.3 is 15.2 Å². The summed E-state index contributed by atoms with van der Waals surface area (Å²) in [6.07, 6.45) is -4.75. The minimum absolute atomic E-state index is 0.195. The van der Waals surface area contributed by atoms with Crippen LogP contribution in [0.15, 0.2) is 42.5 Å². The Balaban J connectivity index is 2.11. The number of alkyl halides is 3. The van der Waals surface area contributed by atoms with E-state index in [-0.39, 0.29) is 5.69 Å². The van der Waals surface area contributed by atoms with Crippen molar-refractivity contribution in [3.05, 3.63) is 53.6 Å². The van der Waals surface area contributed by atoms with Crippen LogP contribution in [0.3, 0.4) is 0 Å². The van der Waals surface area contributed by atoms with Crippen molar-refractivity contribution in [1.82, 2.24) is 0 Å². The quantitative estimate of drug-likeness (QED) is 0.762. The molecular formula is C18H16F3N2O3P. The molecule has 0 radical (unpaired) electrons. The maximum absolute atomic E-state index is 13.0. The molecule has 142 valence electrons. The number of hydrogen-bond donors (Lipinski definition) is 2. The Morgan fingerprint density at radius 2 is 1.89 bits per heavy atom. The second-order valence-corrected chi connectivity index (χ2v) is 6.62. The maximum atomic E-state index is 13.0. The lowest BCUT2D eigenvalue weighted by atomic mass is 10.1. The average molecular weight is 396 g/mol. The Labute approximate surface area is 156 Å². The number of carbonyl (C=O) groups excluding carboxylic acids is 1. The molecule has 1 amide bonds. The molecule has 0 heterocycles. The van der Waals surface area contributed by atoms with Crippen molar-refractivity contribution >= 4 is 26.1 Å². The largest absolute Gasteiger partial charge is 0.490 e. The average Bonchev–Trinajstić information content (AvgIpc) is 2.60. The first-order valence-corrected chi connectivity index (χ1v) is 8.24. The Kier molecular flexibility index (Phi) is 6.09. The summed E-state index contributed by atoms with van der Waals surface area (Å²) < 4.78 is 44.3. The number of ether oxygens (including phenoxy) is 1. The Bertz CT molecular complexity index is 875. The summed E-state index contributed by atoms with van der Waals surface area (Å²) >= 11 is 0. The van der Waals surface area contributed by atoms with E-state index in [1.807, 2.05) is 0 Å². The van der Waals surface area contributed by atoms with Gasteiger partial charge in [-0.25, -0.2) is 0 Å². The number of amides is 1. The third kappa shape index (κ3) is 5.43. The molecule has 0 saturated heterocycles. The van der Waals surface area contributed by atoms with Crippen LogP contribution in [0.1, 0.15) is 18.1 Å². The molecule has 2 aromatic rings. The van der Waals surface area contributed by atoms with Gasteiger partial charge in [-0.3, -0.25) is 4.79 Å². The van der Waals surface area contributed by atoms with Crippen molar-refractivity contribution in [2.45, 2.75) is 18.7 Å². The first-order chi connectivity index (χ1) is 12.5.